The number of halogens is 2. The Labute approximate surface area is 178 Å². The number of nitrogens with one attached hydrogen (secondary N) is 1. The first-order chi connectivity index (χ1) is 15.0. The second-order valence-corrected chi connectivity index (χ2v) is 7.22. The van der Waals surface area contributed by atoms with E-state index in [0.717, 1.165) is 23.9 Å². The zero-order valence-corrected chi connectivity index (χ0v) is 16.9. The summed E-state index contributed by atoms with van der Waals surface area (Å²) in [5, 5.41) is 10.6. The molecule has 158 valence electrons. The number of para-hydroxylation sites is 2. The van der Waals surface area contributed by atoms with Gasteiger partial charge in [0.1, 0.15) is 17.4 Å². The minimum Gasteiger partial charge on any atom is -0.495 e. The van der Waals surface area contributed by atoms with Crippen LogP contribution in [0, 0.1) is 11.6 Å². The van der Waals surface area contributed by atoms with Crippen LogP contribution in [0.15, 0.2) is 64.8 Å². The van der Waals surface area contributed by atoms with Gasteiger partial charge in [0.15, 0.2) is 5.16 Å². The van der Waals surface area contributed by atoms with E-state index in [1.807, 2.05) is 0 Å². The van der Waals surface area contributed by atoms with E-state index in [0.29, 0.717) is 22.7 Å². The number of anilines is 1. The van der Waals surface area contributed by atoms with Crippen LogP contribution < -0.4 is 15.6 Å². The zero-order valence-electron chi connectivity index (χ0n) is 16.1. The highest BCUT2D eigenvalue weighted by molar-refractivity contribution is 7.99. The summed E-state index contributed by atoms with van der Waals surface area (Å²) in [5.41, 5.74) is 0.0817. The Bertz CT molecular complexity index is 1340. The highest BCUT2D eigenvalue weighted by atomic mass is 32.2. The van der Waals surface area contributed by atoms with E-state index in [1.54, 1.807) is 36.7 Å². The van der Waals surface area contributed by atoms with E-state index >= 15 is 0 Å². The highest BCUT2D eigenvalue weighted by Gasteiger charge is 2.15. The standard InChI is InChI=1S/C20H15F2N5O3S/c1-30-16-5-3-2-4-15(16)26-8-9-27-18(19(26)29)24-25-20(27)31-11-17(28)23-14-7-6-12(21)10-13(14)22/h2-10H,11H2,1H3,(H,23,28). The number of amides is 1. The number of nitrogens with zero attached hydrogens (tertiary/aromatic N) is 4. The van der Waals surface area contributed by atoms with Crippen LogP contribution in [0.25, 0.3) is 11.3 Å². The van der Waals surface area contributed by atoms with E-state index in [-0.39, 0.29) is 17.1 Å². The molecule has 31 heavy (non-hydrogen) atoms. The molecule has 0 aliphatic carbocycles. The van der Waals surface area contributed by atoms with E-state index in [1.165, 1.54) is 16.1 Å². The van der Waals surface area contributed by atoms with Crippen molar-refractivity contribution in [2.45, 2.75) is 5.16 Å². The van der Waals surface area contributed by atoms with Crippen LogP contribution in [-0.2, 0) is 4.79 Å². The van der Waals surface area contributed by atoms with Gasteiger partial charge in [-0.1, -0.05) is 23.9 Å². The van der Waals surface area contributed by atoms with E-state index in [4.69, 9.17) is 4.74 Å². The summed E-state index contributed by atoms with van der Waals surface area (Å²) in [6.45, 7) is 0. The predicted octanol–water partition coefficient (Wildman–Crippen LogP) is 2.90. The maximum absolute atomic E-state index is 13.7. The van der Waals surface area contributed by atoms with Gasteiger partial charge in [-0.25, -0.2) is 8.78 Å². The molecule has 0 radical (unpaired) electrons. The molecule has 0 atom stereocenters. The summed E-state index contributed by atoms with van der Waals surface area (Å²) in [7, 11) is 1.51. The van der Waals surface area contributed by atoms with Gasteiger partial charge in [-0.15, -0.1) is 10.2 Å². The fourth-order valence-electron chi connectivity index (χ4n) is 2.89. The third kappa shape index (κ3) is 4.12. The van der Waals surface area contributed by atoms with Crippen LogP contribution in [0.5, 0.6) is 5.75 Å². The van der Waals surface area contributed by atoms with Gasteiger partial charge >= 0.3 is 5.56 Å². The molecule has 1 amide bonds. The molecule has 0 aliphatic heterocycles. The van der Waals surface area contributed by atoms with Gasteiger partial charge in [0.2, 0.25) is 11.6 Å². The summed E-state index contributed by atoms with van der Waals surface area (Å²) in [5.74, 6) is -1.73. The van der Waals surface area contributed by atoms with Crippen molar-refractivity contribution in [2.24, 2.45) is 0 Å². The molecule has 1 N–H and O–H groups in total. The quantitative estimate of drug-likeness (QED) is 0.461. The van der Waals surface area contributed by atoms with Crippen LogP contribution >= 0.6 is 11.8 Å². The number of fused-ring (bicyclic) bond motifs is 1. The lowest BCUT2D eigenvalue weighted by Crippen LogP contribution is -2.20. The molecule has 0 fully saturated rings. The number of rotatable bonds is 6. The smallest absolute Gasteiger partial charge is 0.300 e. The third-order valence-electron chi connectivity index (χ3n) is 4.32. The van der Waals surface area contributed by atoms with Gasteiger partial charge in [-0.05, 0) is 24.3 Å². The average Bonchev–Trinajstić information content (AvgIpc) is 3.18. The molecule has 0 saturated carbocycles. The molecule has 0 unspecified atom stereocenters. The number of aromatic nitrogens is 4. The van der Waals surface area contributed by atoms with Gasteiger partial charge in [0.25, 0.3) is 0 Å². The molecule has 0 saturated heterocycles. The van der Waals surface area contributed by atoms with E-state index < -0.39 is 23.1 Å². The number of carbonyl (C=O) groups is 1. The second-order valence-electron chi connectivity index (χ2n) is 6.28. The van der Waals surface area contributed by atoms with Crippen molar-refractivity contribution < 1.29 is 18.3 Å². The minimum atomic E-state index is -0.872. The van der Waals surface area contributed by atoms with Crippen molar-refractivity contribution in [2.75, 3.05) is 18.2 Å². The fourth-order valence-corrected chi connectivity index (χ4v) is 3.61. The molecule has 0 spiro atoms. The van der Waals surface area contributed by atoms with Crippen LogP contribution in [-0.4, -0.2) is 37.9 Å². The SMILES string of the molecule is COc1ccccc1-n1ccn2c(SCC(=O)Nc3ccc(F)cc3F)nnc2c1=O. The van der Waals surface area contributed by atoms with Crippen molar-refractivity contribution >= 4 is 29.0 Å². The van der Waals surface area contributed by atoms with Gasteiger partial charge < -0.3 is 10.1 Å². The zero-order chi connectivity index (χ0) is 22.0. The number of hydrogen-bond acceptors (Lipinski definition) is 6. The number of benzene rings is 2. The fraction of sp³-hybridized carbons (Fsp3) is 0.100. The molecule has 11 heteroatoms. The van der Waals surface area contributed by atoms with Crippen LogP contribution in [0.4, 0.5) is 14.5 Å². The topological polar surface area (TPSA) is 90.5 Å². The van der Waals surface area contributed by atoms with Gasteiger partial charge in [-0.3, -0.25) is 18.6 Å². The predicted molar refractivity (Wildman–Crippen MR) is 111 cm³/mol. The first-order valence-corrected chi connectivity index (χ1v) is 9.94. The van der Waals surface area contributed by atoms with Gasteiger partial charge in [0.05, 0.1) is 24.2 Å². The number of carbonyl (C=O) groups excluding carboxylic acids is 1. The number of hydrogen-bond donors (Lipinski definition) is 1. The summed E-state index contributed by atoms with van der Waals surface area (Å²) in [6, 6.07) is 9.91. The number of thioether (sulfide) groups is 1. The van der Waals surface area contributed by atoms with Crippen molar-refractivity contribution in [1.29, 1.82) is 0 Å². The maximum atomic E-state index is 13.7. The Morgan fingerprint density at radius 2 is 1.97 bits per heavy atom. The highest BCUT2D eigenvalue weighted by Crippen LogP contribution is 2.22. The van der Waals surface area contributed by atoms with Crippen LogP contribution in [0.3, 0.4) is 0 Å². The van der Waals surface area contributed by atoms with Crippen molar-refractivity contribution in [3.05, 3.63) is 76.8 Å². The molecular formula is C20H15F2N5O3S. The Morgan fingerprint density at radius 3 is 2.74 bits per heavy atom. The van der Waals surface area contributed by atoms with Gasteiger partial charge in [0, 0.05) is 18.5 Å². The average molecular weight is 443 g/mol. The first-order valence-electron chi connectivity index (χ1n) is 8.95. The Balaban J connectivity index is 1.54. The summed E-state index contributed by atoms with van der Waals surface area (Å²) in [4.78, 5) is 25.0. The molecular weight excluding hydrogens is 428 g/mol. The molecule has 2 aromatic carbocycles. The molecule has 2 aromatic heterocycles. The normalized spacial score (nSPS) is 10.9. The largest absolute Gasteiger partial charge is 0.495 e. The lowest BCUT2D eigenvalue weighted by atomic mass is 10.3. The second kappa shape index (κ2) is 8.56. The van der Waals surface area contributed by atoms with Crippen LogP contribution in [0.1, 0.15) is 0 Å². The molecule has 0 aliphatic rings. The molecule has 8 nitrogen and oxygen atoms in total. The summed E-state index contributed by atoms with van der Waals surface area (Å²) < 4.78 is 34.8. The van der Waals surface area contributed by atoms with Gasteiger partial charge in [-0.2, -0.15) is 0 Å². The van der Waals surface area contributed by atoms with Crippen molar-refractivity contribution in [3.63, 3.8) is 0 Å². The molecule has 0 bridgehead atoms. The number of methoxy groups -OCH3 is 1. The summed E-state index contributed by atoms with van der Waals surface area (Å²) >= 11 is 1.02. The summed E-state index contributed by atoms with van der Waals surface area (Å²) in [6.07, 6.45) is 3.15. The minimum absolute atomic E-state index is 0.0703. The Morgan fingerprint density at radius 1 is 1.16 bits per heavy atom. The lowest BCUT2D eigenvalue weighted by molar-refractivity contribution is -0.113. The van der Waals surface area contributed by atoms with E-state index in [2.05, 4.69) is 15.5 Å². The molecule has 4 rings (SSSR count). The first kappa shape index (κ1) is 20.5. The Kier molecular flexibility index (Phi) is 5.67. The third-order valence-corrected chi connectivity index (χ3v) is 5.26. The lowest BCUT2D eigenvalue weighted by Gasteiger charge is -2.10. The van der Waals surface area contributed by atoms with Crippen molar-refractivity contribution in [3.8, 4) is 11.4 Å². The monoisotopic (exact) mass is 443 g/mol. The van der Waals surface area contributed by atoms with E-state index in [9.17, 15) is 18.4 Å². The van der Waals surface area contributed by atoms with Crippen LogP contribution in [0.2, 0.25) is 0 Å². The Hall–Kier alpha value is -3.73. The number of ether oxygens (including phenoxy) is 1. The van der Waals surface area contributed by atoms with Crippen molar-refractivity contribution in [1.82, 2.24) is 19.2 Å². The molecule has 2 heterocycles. The molecule has 4 aromatic rings. The maximum Gasteiger partial charge on any atom is 0.300 e.